The summed E-state index contributed by atoms with van der Waals surface area (Å²) in [5, 5.41) is 18.8. The van der Waals surface area contributed by atoms with Crippen molar-refractivity contribution in [3.63, 3.8) is 0 Å². The largest absolute Gasteiger partial charge is 0.353 e. The molecule has 0 aliphatic heterocycles. The molecule has 1 aromatic heterocycles. The first-order chi connectivity index (χ1) is 15.6. The molecule has 0 atom stereocenters. The summed E-state index contributed by atoms with van der Waals surface area (Å²) < 4.78 is 0. The minimum Gasteiger partial charge on any atom is -0.353 e. The number of guanidine groups is 1. The zero-order valence-corrected chi connectivity index (χ0v) is 19.4. The Morgan fingerprint density at radius 2 is 2.00 bits per heavy atom. The molecule has 0 unspecified atom stereocenters. The van der Waals surface area contributed by atoms with Gasteiger partial charge in [0, 0.05) is 31.2 Å². The van der Waals surface area contributed by atoms with Gasteiger partial charge in [-0.15, -0.1) is 11.8 Å². The van der Waals surface area contributed by atoms with Gasteiger partial charge in [-0.1, -0.05) is 37.3 Å². The normalized spacial score (nSPS) is 20.8. The van der Waals surface area contributed by atoms with E-state index in [0.29, 0.717) is 18.1 Å². The number of thioether (sulfide) groups is 1. The first-order valence-corrected chi connectivity index (χ1v) is 11.9. The molecular formula is C24H30N6OS. The third-order valence-corrected chi connectivity index (χ3v) is 6.84. The van der Waals surface area contributed by atoms with Crippen LogP contribution in [0.2, 0.25) is 0 Å². The molecule has 1 aromatic carbocycles. The Bertz CT molecular complexity index is 964. The average Bonchev–Trinajstić information content (AvgIpc) is 2.84. The van der Waals surface area contributed by atoms with Gasteiger partial charge in [0.1, 0.15) is 5.03 Å². The molecular weight excluding hydrogens is 420 g/mol. The first-order valence-electron chi connectivity index (χ1n) is 10.9. The molecule has 0 spiro atoms. The predicted octanol–water partition coefficient (Wildman–Crippen LogP) is 3.45. The Morgan fingerprint density at radius 1 is 1.25 bits per heavy atom. The molecule has 7 nitrogen and oxygen atoms in total. The Balaban J connectivity index is 1.73. The topological polar surface area (TPSA) is 102 Å². The maximum atomic E-state index is 13.0. The fourth-order valence-corrected chi connectivity index (χ4v) is 4.96. The summed E-state index contributed by atoms with van der Waals surface area (Å²) in [5.41, 5.74) is 1.73. The van der Waals surface area contributed by atoms with E-state index < -0.39 is 0 Å². The van der Waals surface area contributed by atoms with Crippen molar-refractivity contribution in [3.05, 3.63) is 59.8 Å². The number of hydrogen-bond acceptors (Lipinski definition) is 5. The fourth-order valence-electron chi connectivity index (χ4n) is 4.24. The standard InChI is InChI=1S/C24H30N6OS/c1-3-32-22-20(10-7-15-27-22)21(31)28-16-24(18-8-5-4-6-9-18)13-11-19(12-14-24)30-23(26-2)29-17-25/h4-10,15,19H,3,11-14,16H2,1-2H3,(H,28,31)(H2,26,29,30). The predicted molar refractivity (Wildman–Crippen MR) is 129 cm³/mol. The van der Waals surface area contributed by atoms with Crippen LogP contribution in [-0.4, -0.2) is 42.2 Å². The van der Waals surface area contributed by atoms with Crippen LogP contribution in [0, 0.1) is 11.5 Å². The molecule has 2 aromatic rings. The van der Waals surface area contributed by atoms with Gasteiger partial charge in [-0.05, 0) is 49.1 Å². The maximum absolute atomic E-state index is 13.0. The number of amides is 1. The molecule has 1 fully saturated rings. The highest BCUT2D eigenvalue weighted by Crippen LogP contribution is 2.39. The number of rotatable bonds is 7. The molecule has 168 valence electrons. The van der Waals surface area contributed by atoms with Crippen LogP contribution in [0.5, 0.6) is 0 Å². The Morgan fingerprint density at radius 3 is 2.66 bits per heavy atom. The number of carbonyl (C=O) groups excluding carboxylic acids is 1. The van der Waals surface area contributed by atoms with Gasteiger partial charge in [0.25, 0.3) is 5.91 Å². The highest BCUT2D eigenvalue weighted by Gasteiger charge is 2.37. The van der Waals surface area contributed by atoms with Gasteiger partial charge >= 0.3 is 0 Å². The molecule has 8 heteroatoms. The molecule has 1 aliphatic rings. The summed E-state index contributed by atoms with van der Waals surface area (Å²) in [6.07, 6.45) is 7.31. The van der Waals surface area contributed by atoms with Crippen LogP contribution in [0.25, 0.3) is 0 Å². The number of carbonyl (C=O) groups is 1. The second-order valence-corrected chi connectivity index (χ2v) is 9.10. The molecule has 0 radical (unpaired) electrons. The van der Waals surface area contributed by atoms with Crippen LogP contribution in [0.1, 0.15) is 48.5 Å². The fraction of sp³-hybridized carbons (Fsp3) is 0.417. The van der Waals surface area contributed by atoms with Gasteiger partial charge in [0.05, 0.1) is 5.56 Å². The molecule has 0 bridgehead atoms. The molecule has 1 saturated carbocycles. The number of hydrogen-bond donors (Lipinski definition) is 3. The van der Waals surface area contributed by atoms with Crippen LogP contribution in [0.3, 0.4) is 0 Å². The van der Waals surface area contributed by atoms with E-state index in [1.165, 1.54) is 5.56 Å². The maximum Gasteiger partial charge on any atom is 0.254 e. The molecule has 1 heterocycles. The third-order valence-electron chi connectivity index (χ3n) is 5.95. The van der Waals surface area contributed by atoms with Gasteiger partial charge in [-0.2, -0.15) is 5.26 Å². The van der Waals surface area contributed by atoms with Gasteiger partial charge in [-0.3, -0.25) is 15.1 Å². The highest BCUT2D eigenvalue weighted by atomic mass is 32.2. The van der Waals surface area contributed by atoms with E-state index in [1.807, 2.05) is 18.3 Å². The van der Waals surface area contributed by atoms with Crippen molar-refractivity contribution in [2.24, 2.45) is 4.99 Å². The first kappa shape index (κ1) is 23.6. The van der Waals surface area contributed by atoms with Gasteiger partial charge < -0.3 is 10.6 Å². The number of nitriles is 1. The summed E-state index contributed by atoms with van der Waals surface area (Å²) in [6, 6.07) is 14.3. The van der Waals surface area contributed by atoms with Crippen molar-refractivity contribution < 1.29 is 4.79 Å². The van der Waals surface area contributed by atoms with Gasteiger partial charge in [-0.25, -0.2) is 4.98 Å². The lowest BCUT2D eigenvalue weighted by molar-refractivity contribution is 0.0931. The number of aromatic nitrogens is 1. The van der Waals surface area contributed by atoms with Gasteiger partial charge in [0.2, 0.25) is 5.96 Å². The summed E-state index contributed by atoms with van der Waals surface area (Å²) in [6.45, 7) is 2.62. The average molecular weight is 451 g/mol. The zero-order chi connectivity index (χ0) is 22.8. The number of benzene rings is 1. The number of nitrogens with one attached hydrogen (secondary N) is 3. The van der Waals surface area contributed by atoms with E-state index in [-0.39, 0.29) is 17.4 Å². The summed E-state index contributed by atoms with van der Waals surface area (Å²) in [5.74, 6) is 1.28. The molecule has 1 amide bonds. The van der Waals surface area contributed by atoms with Crippen molar-refractivity contribution in [3.8, 4) is 6.19 Å². The van der Waals surface area contributed by atoms with Crippen LogP contribution in [0.15, 0.2) is 58.7 Å². The quantitative estimate of drug-likeness (QED) is 0.196. The van der Waals surface area contributed by atoms with Crippen molar-refractivity contribution in [1.29, 1.82) is 5.26 Å². The van der Waals surface area contributed by atoms with Crippen molar-refractivity contribution in [2.45, 2.75) is 49.1 Å². The van der Waals surface area contributed by atoms with E-state index in [2.05, 4.69) is 57.1 Å². The summed E-state index contributed by atoms with van der Waals surface area (Å²) in [7, 11) is 1.66. The zero-order valence-electron chi connectivity index (χ0n) is 18.6. The molecule has 3 rings (SSSR count). The summed E-state index contributed by atoms with van der Waals surface area (Å²) >= 11 is 1.58. The van der Waals surface area contributed by atoms with Crippen LogP contribution < -0.4 is 16.0 Å². The Labute approximate surface area is 194 Å². The summed E-state index contributed by atoms with van der Waals surface area (Å²) in [4.78, 5) is 21.5. The number of pyridine rings is 1. The van der Waals surface area contributed by atoms with E-state index in [9.17, 15) is 4.79 Å². The van der Waals surface area contributed by atoms with Crippen molar-refractivity contribution >= 4 is 23.6 Å². The highest BCUT2D eigenvalue weighted by molar-refractivity contribution is 7.99. The van der Waals surface area contributed by atoms with E-state index in [1.54, 1.807) is 31.1 Å². The molecule has 0 saturated heterocycles. The van der Waals surface area contributed by atoms with E-state index in [4.69, 9.17) is 5.26 Å². The van der Waals surface area contributed by atoms with Crippen LogP contribution in [-0.2, 0) is 5.41 Å². The Kier molecular flexibility index (Phi) is 8.51. The number of aliphatic imine (C=N–C) groups is 1. The lowest BCUT2D eigenvalue weighted by Crippen LogP contribution is -2.49. The van der Waals surface area contributed by atoms with Crippen LogP contribution in [0.4, 0.5) is 0 Å². The number of nitrogens with zero attached hydrogens (tertiary/aromatic N) is 3. The molecule has 1 aliphatic carbocycles. The molecule has 32 heavy (non-hydrogen) atoms. The van der Waals surface area contributed by atoms with Crippen LogP contribution >= 0.6 is 11.8 Å². The SMILES string of the molecule is CCSc1ncccc1C(=O)NCC1(c2ccccc2)CCC(NC(=NC)NC#N)CC1. The minimum absolute atomic E-state index is 0.0803. The lowest BCUT2D eigenvalue weighted by Gasteiger charge is -2.41. The van der Waals surface area contributed by atoms with Crippen molar-refractivity contribution in [1.82, 2.24) is 20.9 Å². The lowest BCUT2D eigenvalue weighted by atomic mass is 9.68. The monoisotopic (exact) mass is 450 g/mol. The third kappa shape index (κ3) is 5.80. The Hall–Kier alpha value is -3.05. The minimum atomic E-state index is -0.137. The second kappa shape index (κ2) is 11.5. The van der Waals surface area contributed by atoms with E-state index >= 15 is 0 Å². The van der Waals surface area contributed by atoms with Crippen molar-refractivity contribution in [2.75, 3.05) is 19.3 Å². The second-order valence-electron chi connectivity index (χ2n) is 7.85. The molecule has 3 N–H and O–H groups in total. The smallest absolute Gasteiger partial charge is 0.254 e. The van der Waals surface area contributed by atoms with E-state index in [0.717, 1.165) is 36.5 Å². The van der Waals surface area contributed by atoms with Gasteiger partial charge in [0.15, 0.2) is 6.19 Å².